The summed E-state index contributed by atoms with van der Waals surface area (Å²) < 4.78 is 26.5. The molecule has 1 amide bonds. The Balaban J connectivity index is 2.09. The van der Waals surface area contributed by atoms with E-state index in [9.17, 15) is 4.79 Å². The van der Waals surface area contributed by atoms with E-state index in [4.69, 9.17) is 26.4 Å². The summed E-state index contributed by atoms with van der Waals surface area (Å²) in [6.45, 7) is 0. The van der Waals surface area contributed by atoms with Crippen LogP contribution < -0.4 is 16.2 Å². The maximum absolute atomic E-state index is 15.1. The SMILES string of the molecule is COC(Cc1ccc(C(=N)N)cc1)(C(N)=O)c1c(F)cccc1Oc1ccccc1. The van der Waals surface area contributed by atoms with Gasteiger partial charge in [-0.05, 0) is 29.8 Å². The zero-order chi connectivity index (χ0) is 21.7. The first-order valence-electron chi connectivity index (χ1n) is 9.17. The average molecular weight is 407 g/mol. The summed E-state index contributed by atoms with van der Waals surface area (Å²) in [5.74, 6) is -1.01. The van der Waals surface area contributed by atoms with Gasteiger partial charge in [-0.3, -0.25) is 10.2 Å². The lowest BCUT2D eigenvalue weighted by Gasteiger charge is -2.31. The third kappa shape index (κ3) is 4.16. The summed E-state index contributed by atoms with van der Waals surface area (Å²) >= 11 is 0. The van der Waals surface area contributed by atoms with E-state index in [1.54, 1.807) is 54.6 Å². The molecule has 3 rings (SSSR count). The number of rotatable bonds is 8. The number of hydrogen-bond acceptors (Lipinski definition) is 4. The Morgan fingerprint density at radius 3 is 2.23 bits per heavy atom. The summed E-state index contributed by atoms with van der Waals surface area (Å²) in [5, 5.41) is 7.50. The van der Waals surface area contributed by atoms with E-state index in [-0.39, 0.29) is 23.6 Å². The van der Waals surface area contributed by atoms with Crippen LogP contribution in [0.25, 0.3) is 0 Å². The molecule has 1 unspecified atom stereocenters. The summed E-state index contributed by atoms with van der Waals surface area (Å²) in [6.07, 6.45) is -0.0386. The number of nitrogen functional groups attached to an aromatic ring is 1. The minimum absolute atomic E-state index is 0.0386. The maximum Gasteiger partial charge on any atom is 0.254 e. The second-order valence-electron chi connectivity index (χ2n) is 6.71. The van der Waals surface area contributed by atoms with Gasteiger partial charge in [0, 0.05) is 19.1 Å². The molecule has 0 saturated carbocycles. The van der Waals surface area contributed by atoms with Crippen molar-refractivity contribution in [1.29, 1.82) is 5.41 Å². The molecule has 3 aromatic rings. The molecule has 5 N–H and O–H groups in total. The van der Waals surface area contributed by atoms with Crippen LogP contribution in [0.5, 0.6) is 11.5 Å². The maximum atomic E-state index is 15.1. The number of halogens is 1. The van der Waals surface area contributed by atoms with Crippen molar-refractivity contribution in [3.63, 3.8) is 0 Å². The molecule has 0 fully saturated rings. The fraction of sp³-hybridized carbons (Fsp3) is 0.130. The number of carbonyl (C=O) groups excluding carboxylic acids is 1. The van der Waals surface area contributed by atoms with Gasteiger partial charge in [-0.1, -0.05) is 48.5 Å². The number of carbonyl (C=O) groups is 1. The van der Waals surface area contributed by atoms with Crippen LogP contribution in [0.4, 0.5) is 4.39 Å². The molecule has 0 heterocycles. The highest BCUT2D eigenvalue weighted by Crippen LogP contribution is 2.39. The van der Waals surface area contributed by atoms with Crippen molar-refractivity contribution in [2.24, 2.45) is 11.5 Å². The summed E-state index contributed by atoms with van der Waals surface area (Å²) in [6, 6.07) is 19.7. The molecule has 1 atom stereocenters. The van der Waals surface area contributed by atoms with E-state index < -0.39 is 17.3 Å². The Hall–Kier alpha value is -3.71. The molecule has 7 heteroatoms. The fourth-order valence-corrected chi connectivity index (χ4v) is 3.26. The minimum atomic E-state index is -1.81. The van der Waals surface area contributed by atoms with Crippen molar-refractivity contribution in [2.75, 3.05) is 7.11 Å². The van der Waals surface area contributed by atoms with Crippen LogP contribution in [0.3, 0.4) is 0 Å². The van der Waals surface area contributed by atoms with Gasteiger partial charge in [0.2, 0.25) is 0 Å². The molecule has 0 radical (unpaired) electrons. The monoisotopic (exact) mass is 407 g/mol. The molecule has 6 nitrogen and oxygen atoms in total. The van der Waals surface area contributed by atoms with Gasteiger partial charge in [-0.2, -0.15) is 0 Å². The van der Waals surface area contributed by atoms with Crippen LogP contribution in [0, 0.1) is 11.2 Å². The van der Waals surface area contributed by atoms with Gasteiger partial charge in [-0.15, -0.1) is 0 Å². The molecule has 0 bridgehead atoms. The lowest BCUT2D eigenvalue weighted by molar-refractivity contribution is -0.141. The molecule has 0 aliphatic carbocycles. The van der Waals surface area contributed by atoms with Gasteiger partial charge in [0.15, 0.2) is 5.60 Å². The number of primary amides is 1. The van der Waals surface area contributed by atoms with E-state index in [1.165, 1.54) is 19.2 Å². The van der Waals surface area contributed by atoms with Crippen molar-refractivity contribution in [2.45, 2.75) is 12.0 Å². The second kappa shape index (κ2) is 8.75. The van der Waals surface area contributed by atoms with Crippen molar-refractivity contribution >= 4 is 11.7 Å². The van der Waals surface area contributed by atoms with Crippen LogP contribution in [-0.4, -0.2) is 18.9 Å². The van der Waals surface area contributed by atoms with E-state index in [0.29, 0.717) is 16.9 Å². The topological polar surface area (TPSA) is 111 Å². The number of hydrogen-bond donors (Lipinski definition) is 3. The lowest BCUT2D eigenvalue weighted by Crippen LogP contribution is -2.45. The number of nitrogens with one attached hydrogen (secondary N) is 1. The summed E-state index contributed by atoms with van der Waals surface area (Å²) in [7, 11) is 1.30. The Labute approximate surface area is 173 Å². The Morgan fingerprint density at radius 2 is 1.67 bits per heavy atom. The first-order valence-corrected chi connectivity index (χ1v) is 9.17. The number of ether oxygens (including phenoxy) is 2. The molecular weight excluding hydrogens is 385 g/mol. The van der Waals surface area contributed by atoms with E-state index >= 15 is 4.39 Å². The van der Waals surface area contributed by atoms with Crippen LogP contribution in [0.15, 0.2) is 72.8 Å². The second-order valence-corrected chi connectivity index (χ2v) is 6.71. The van der Waals surface area contributed by atoms with Gasteiger partial charge in [0.1, 0.15) is 23.2 Å². The molecular formula is C23H22FN3O3. The smallest absolute Gasteiger partial charge is 0.254 e. The molecule has 30 heavy (non-hydrogen) atoms. The van der Waals surface area contributed by atoms with Gasteiger partial charge in [-0.25, -0.2) is 4.39 Å². The van der Waals surface area contributed by atoms with Crippen molar-refractivity contribution in [1.82, 2.24) is 0 Å². The zero-order valence-corrected chi connectivity index (χ0v) is 16.4. The van der Waals surface area contributed by atoms with Crippen LogP contribution in [0.1, 0.15) is 16.7 Å². The predicted molar refractivity (Wildman–Crippen MR) is 112 cm³/mol. The van der Waals surface area contributed by atoms with Gasteiger partial charge >= 0.3 is 0 Å². The standard InChI is InChI=1S/C23H22FN3O3/c1-29-23(22(27)28,14-15-10-12-16(13-11-15)21(25)26)20-18(24)8-5-9-19(20)30-17-6-3-2-4-7-17/h2-13H,14H2,1H3,(H3,25,26)(H2,27,28). The van der Waals surface area contributed by atoms with E-state index in [0.717, 1.165) is 0 Å². The summed E-state index contributed by atoms with van der Waals surface area (Å²) in [5.41, 5.74) is 10.5. The largest absolute Gasteiger partial charge is 0.457 e. The molecule has 0 aliphatic heterocycles. The van der Waals surface area contributed by atoms with Gasteiger partial charge < -0.3 is 20.9 Å². The molecule has 3 aromatic carbocycles. The summed E-state index contributed by atoms with van der Waals surface area (Å²) in [4.78, 5) is 12.6. The number of amidine groups is 1. The van der Waals surface area contributed by atoms with Gasteiger partial charge in [0.25, 0.3) is 5.91 Å². The van der Waals surface area contributed by atoms with Crippen molar-refractivity contribution < 1.29 is 18.7 Å². The van der Waals surface area contributed by atoms with Gasteiger partial charge in [0.05, 0.1) is 5.56 Å². The number of benzene rings is 3. The quantitative estimate of drug-likeness (QED) is 0.392. The first-order chi connectivity index (χ1) is 14.4. The highest BCUT2D eigenvalue weighted by atomic mass is 19.1. The Morgan fingerprint density at radius 1 is 1.00 bits per heavy atom. The first kappa shape index (κ1) is 21.0. The highest BCUT2D eigenvalue weighted by molar-refractivity contribution is 5.95. The van der Waals surface area contributed by atoms with E-state index in [1.807, 2.05) is 6.07 Å². The predicted octanol–water partition coefficient (Wildman–Crippen LogP) is 3.47. The number of nitrogens with two attached hydrogens (primary N) is 2. The fourth-order valence-electron chi connectivity index (χ4n) is 3.26. The minimum Gasteiger partial charge on any atom is -0.457 e. The van der Waals surface area contributed by atoms with Crippen molar-refractivity contribution in [3.8, 4) is 11.5 Å². The average Bonchev–Trinajstić information content (AvgIpc) is 2.73. The molecule has 0 spiro atoms. The van der Waals surface area contributed by atoms with Crippen LogP contribution >= 0.6 is 0 Å². The number of methoxy groups -OCH3 is 1. The number of amides is 1. The van der Waals surface area contributed by atoms with Crippen LogP contribution in [0.2, 0.25) is 0 Å². The van der Waals surface area contributed by atoms with E-state index in [2.05, 4.69) is 0 Å². The molecule has 154 valence electrons. The molecule has 0 aromatic heterocycles. The van der Waals surface area contributed by atoms with Crippen molar-refractivity contribution in [3.05, 3.63) is 95.3 Å². The lowest BCUT2D eigenvalue weighted by atomic mass is 9.85. The number of para-hydroxylation sites is 1. The Bertz CT molecular complexity index is 1060. The molecule has 0 saturated heterocycles. The normalized spacial score (nSPS) is 12.7. The molecule has 0 aliphatic rings. The highest BCUT2D eigenvalue weighted by Gasteiger charge is 2.44. The third-order valence-corrected chi connectivity index (χ3v) is 4.81. The van der Waals surface area contributed by atoms with Crippen LogP contribution in [-0.2, 0) is 21.6 Å². The third-order valence-electron chi connectivity index (χ3n) is 4.81. The zero-order valence-electron chi connectivity index (χ0n) is 16.4. The Kier molecular flexibility index (Phi) is 6.13.